The van der Waals surface area contributed by atoms with E-state index in [1.807, 2.05) is 0 Å². The smallest absolute Gasteiger partial charge is 0.119 e. The first-order valence-electron chi connectivity index (χ1n) is 5.79. The van der Waals surface area contributed by atoms with Crippen LogP contribution in [0.25, 0.3) is 0 Å². The van der Waals surface area contributed by atoms with E-state index in [1.54, 1.807) is 7.11 Å². The minimum Gasteiger partial charge on any atom is -0.497 e. The molecule has 0 radical (unpaired) electrons. The fourth-order valence-electron chi connectivity index (χ4n) is 2.79. The normalized spacial score (nSPS) is 25.8. The zero-order valence-electron chi connectivity index (χ0n) is 10.2. The number of halogens is 1. The molecule has 0 aliphatic carbocycles. The molecule has 2 aliphatic rings. The fourth-order valence-corrected chi connectivity index (χ4v) is 2.79. The summed E-state index contributed by atoms with van der Waals surface area (Å²) in [5.74, 6) is 1.46. The summed E-state index contributed by atoms with van der Waals surface area (Å²) in [5.41, 5.74) is 4.04. The van der Waals surface area contributed by atoms with Crippen LogP contribution in [0.2, 0.25) is 0 Å². The predicted octanol–water partition coefficient (Wildman–Crippen LogP) is 2.01. The summed E-state index contributed by atoms with van der Waals surface area (Å²) in [5, 5.41) is 3.40. The molecule has 0 amide bonds. The summed E-state index contributed by atoms with van der Waals surface area (Å²) in [6.07, 6.45) is 0.346. The number of nitrogens with one attached hydrogen (secondary N) is 1. The maximum absolute atomic E-state index is 5.88. The number of fused-ring (bicyclic) bond motifs is 3. The topological polar surface area (TPSA) is 30.5 Å². The number of hydrogen-bond acceptors (Lipinski definition) is 3. The van der Waals surface area contributed by atoms with Gasteiger partial charge in [-0.25, -0.2) is 0 Å². The van der Waals surface area contributed by atoms with Crippen LogP contribution in [0.3, 0.4) is 0 Å². The van der Waals surface area contributed by atoms with E-state index < -0.39 is 0 Å². The van der Waals surface area contributed by atoms with Crippen LogP contribution in [-0.2, 0) is 11.3 Å². The first kappa shape index (κ1) is 12.7. The summed E-state index contributed by atoms with van der Waals surface area (Å²) in [7, 11) is 1.73. The molecule has 1 N–H and O–H groups in total. The fraction of sp³-hybridized carbons (Fsp3) is 0.538. The number of ether oxygens (including phenoxy) is 2. The summed E-state index contributed by atoms with van der Waals surface area (Å²) >= 11 is 0. The lowest BCUT2D eigenvalue weighted by Gasteiger charge is -2.29. The van der Waals surface area contributed by atoms with Gasteiger partial charge in [-0.15, -0.1) is 12.4 Å². The van der Waals surface area contributed by atoms with Gasteiger partial charge in [0.15, 0.2) is 0 Å². The van der Waals surface area contributed by atoms with Gasteiger partial charge < -0.3 is 14.8 Å². The van der Waals surface area contributed by atoms with Crippen LogP contribution in [0.1, 0.15) is 22.6 Å². The van der Waals surface area contributed by atoms with Crippen LogP contribution in [0, 0.1) is 6.92 Å². The van der Waals surface area contributed by atoms with E-state index in [4.69, 9.17) is 9.47 Å². The molecule has 2 heterocycles. The average Bonchev–Trinajstić information content (AvgIpc) is 2.77. The zero-order chi connectivity index (χ0) is 11.1. The van der Waals surface area contributed by atoms with Crippen molar-refractivity contribution < 1.29 is 9.47 Å². The quantitative estimate of drug-likeness (QED) is 0.833. The number of rotatable bonds is 1. The first-order valence-corrected chi connectivity index (χ1v) is 5.79. The third kappa shape index (κ3) is 2.03. The molecule has 1 saturated heterocycles. The van der Waals surface area contributed by atoms with E-state index in [9.17, 15) is 0 Å². The van der Waals surface area contributed by atoms with Gasteiger partial charge in [-0.1, -0.05) is 0 Å². The highest BCUT2D eigenvalue weighted by Gasteiger charge is 2.35. The number of aryl methyl sites for hydroxylation is 1. The molecule has 0 spiro atoms. The van der Waals surface area contributed by atoms with Crippen molar-refractivity contribution >= 4 is 12.4 Å². The van der Waals surface area contributed by atoms with Crippen molar-refractivity contribution in [2.75, 3.05) is 20.2 Å². The Kier molecular flexibility index (Phi) is 3.61. The van der Waals surface area contributed by atoms with Crippen molar-refractivity contribution in [1.29, 1.82) is 0 Å². The van der Waals surface area contributed by atoms with E-state index in [0.29, 0.717) is 12.0 Å². The maximum atomic E-state index is 5.88. The summed E-state index contributed by atoms with van der Waals surface area (Å²) in [6.45, 7) is 4.87. The second-order valence-electron chi connectivity index (χ2n) is 4.63. The number of methoxy groups -OCH3 is 1. The van der Waals surface area contributed by atoms with Gasteiger partial charge in [0.1, 0.15) is 5.75 Å². The highest BCUT2D eigenvalue weighted by molar-refractivity contribution is 5.85. The third-order valence-electron chi connectivity index (χ3n) is 3.72. The van der Waals surface area contributed by atoms with Gasteiger partial charge in [0.05, 0.1) is 19.8 Å². The molecule has 0 aromatic heterocycles. The number of hydrogen-bond donors (Lipinski definition) is 1. The van der Waals surface area contributed by atoms with E-state index in [1.165, 1.54) is 16.7 Å². The lowest BCUT2D eigenvalue weighted by Crippen LogP contribution is -2.27. The van der Waals surface area contributed by atoms with Crippen LogP contribution >= 0.6 is 12.4 Å². The Balaban J connectivity index is 0.00000108. The Bertz CT molecular complexity index is 422. The second kappa shape index (κ2) is 4.84. The van der Waals surface area contributed by atoms with Crippen molar-refractivity contribution in [3.05, 3.63) is 28.8 Å². The molecule has 1 aromatic rings. The molecule has 0 saturated carbocycles. The van der Waals surface area contributed by atoms with Crippen molar-refractivity contribution in [3.8, 4) is 5.75 Å². The van der Waals surface area contributed by atoms with Gasteiger partial charge >= 0.3 is 0 Å². The van der Waals surface area contributed by atoms with Crippen LogP contribution in [0.5, 0.6) is 5.75 Å². The highest BCUT2D eigenvalue weighted by Crippen LogP contribution is 2.37. The Hall–Kier alpha value is -0.770. The zero-order valence-corrected chi connectivity index (χ0v) is 11.0. The van der Waals surface area contributed by atoms with Gasteiger partial charge in [-0.2, -0.15) is 0 Å². The molecule has 3 nitrogen and oxygen atoms in total. The van der Waals surface area contributed by atoms with E-state index in [-0.39, 0.29) is 12.4 Å². The maximum Gasteiger partial charge on any atom is 0.119 e. The summed E-state index contributed by atoms with van der Waals surface area (Å²) < 4.78 is 11.2. The molecule has 2 aliphatic heterocycles. The largest absolute Gasteiger partial charge is 0.497 e. The number of benzene rings is 1. The molecule has 17 heavy (non-hydrogen) atoms. The molecular weight excluding hydrogens is 238 g/mol. The van der Waals surface area contributed by atoms with Crippen molar-refractivity contribution in [1.82, 2.24) is 5.32 Å². The van der Waals surface area contributed by atoms with Crippen LogP contribution in [-0.4, -0.2) is 26.3 Å². The molecule has 1 aromatic carbocycles. The van der Waals surface area contributed by atoms with Crippen molar-refractivity contribution in [2.24, 2.45) is 0 Å². The summed E-state index contributed by atoms with van der Waals surface area (Å²) in [4.78, 5) is 0. The average molecular weight is 256 g/mol. The van der Waals surface area contributed by atoms with Gasteiger partial charge in [0, 0.05) is 19.0 Å². The minimum absolute atomic E-state index is 0. The second-order valence-corrected chi connectivity index (χ2v) is 4.63. The van der Waals surface area contributed by atoms with E-state index in [0.717, 1.165) is 25.4 Å². The highest BCUT2D eigenvalue weighted by atomic mass is 35.5. The Morgan fingerprint density at radius 1 is 1.35 bits per heavy atom. The molecule has 0 bridgehead atoms. The first-order chi connectivity index (χ1) is 7.79. The van der Waals surface area contributed by atoms with Gasteiger partial charge in [-0.3, -0.25) is 0 Å². The Morgan fingerprint density at radius 3 is 2.94 bits per heavy atom. The lowest BCUT2D eigenvalue weighted by atomic mass is 9.87. The monoisotopic (exact) mass is 255 g/mol. The van der Waals surface area contributed by atoms with Crippen LogP contribution < -0.4 is 10.1 Å². The predicted molar refractivity (Wildman–Crippen MR) is 69.2 cm³/mol. The van der Waals surface area contributed by atoms with Crippen molar-refractivity contribution in [3.63, 3.8) is 0 Å². The molecule has 3 rings (SSSR count). The minimum atomic E-state index is 0. The van der Waals surface area contributed by atoms with Gasteiger partial charge in [0.25, 0.3) is 0 Å². The van der Waals surface area contributed by atoms with Crippen molar-refractivity contribution in [2.45, 2.75) is 25.6 Å². The van der Waals surface area contributed by atoms with Gasteiger partial charge in [-0.05, 0) is 35.7 Å². The Labute approximate surface area is 108 Å². The molecular formula is C13H18ClNO2. The molecule has 4 heteroatoms. The van der Waals surface area contributed by atoms with Gasteiger partial charge in [0.2, 0.25) is 0 Å². The van der Waals surface area contributed by atoms with Crippen LogP contribution in [0.4, 0.5) is 0 Å². The molecule has 94 valence electrons. The lowest BCUT2D eigenvalue weighted by molar-refractivity contribution is 0.0295. The van der Waals surface area contributed by atoms with E-state index in [2.05, 4.69) is 24.4 Å². The van der Waals surface area contributed by atoms with E-state index >= 15 is 0 Å². The Morgan fingerprint density at radius 2 is 2.18 bits per heavy atom. The molecule has 0 unspecified atom stereocenters. The standard InChI is InChI=1S/C13H17NO2.ClH/c1-8-3-9(15-2)4-10-11-5-14-6-13(11)16-7-12(8)10;/h3-4,11,13-14H,5-7H2,1-2H3;1H/t11-,13-;/m1./s1. The molecule has 1 fully saturated rings. The third-order valence-corrected chi connectivity index (χ3v) is 3.72. The SMILES string of the molecule is COc1cc(C)c2c(c1)[C@H]1CNC[C@H]1OC2.Cl. The van der Waals surface area contributed by atoms with Crippen LogP contribution in [0.15, 0.2) is 12.1 Å². The molecule has 2 atom stereocenters. The summed E-state index contributed by atoms with van der Waals surface area (Å²) in [6, 6.07) is 4.26.